The smallest absolute Gasteiger partial charge is 0.242 e. The van der Waals surface area contributed by atoms with E-state index < -0.39 is 8.32 Å². The molecule has 0 N–H and O–H groups in total. The van der Waals surface area contributed by atoms with Crippen molar-refractivity contribution >= 4 is 47.4 Å². The molecule has 0 saturated heterocycles. The van der Waals surface area contributed by atoms with Crippen molar-refractivity contribution in [2.45, 2.75) is 56.1 Å². The number of benzene rings is 4. The lowest BCUT2D eigenvalue weighted by Crippen LogP contribution is -2.24. The van der Waals surface area contributed by atoms with E-state index in [1.165, 1.54) is 11.1 Å². The van der Waals surface area contributed by atoms with Crippen molar-refractivity contribution in [2.24, 2.45) is 5.92 Å². The molecule has 6 heteroatoms. The molecule has 0 amide bonds. The first-order valence-corrected chi connectivity index (χ1v) is 19.9. The van der Waals surface area contributed by atoms with Gasteiger partial charge in [0.1, 0.15) is 5.76 Å². The summed E-state index contributed by atoms with van der Waals surface area (Å²) in [6.45, 7) is 6.65. The number of rotatable bonds is 3. The zero-order valence-electron chi connectivity index (χ0n) is 25.9. The van der Waals surface area contributed by atoms with E-state index in [1.807, 2.05) is 72.8 Å². The van der Waals surface area contributed by atoms with Gasteiger partial charge in [0.05, 0.1) is 0 Å². The summed E-state index contributed by atoms with van der Waals surface area (Å²) in [6, 6.07) is 31.8. The molecule has 0 bridgehead atoms. The minimum atomic E-state index is -1.46. The van der Waals surface area contributed by atoms with Gasteiger partial charge in [0.2, 0.25) is 8.32 Å². The van der Waals surface area contributed by atoms with E-state index in [0.717, 1.165) is 52.0 Å². The number of hydrogen-bond acceptors (Lipinski definition) is 4. The van der Waals surface area contributed by atoms with Crippen LogP contribution >= 0.6 is 15.9 Å². The van der Waals surface area contributed by atoms with Crippen LogP contribution in [0.3, 0.4) is 0 Å². The topological polar surface area (TPSA) is 60.4 Å². The van der Waals surface area contributed by atoms with Gasteiger partial charge in [-0.05, 0) is 60.8 Å². The average Bonchev–Trinajstić information content (AvgIpc) is 3.77. The Morgan fingerprint density at radius 1 is 0.600 bits per heavy atom. The third kappa shape index (κ3) is 6.58. The van der Waals surface area contributed by atoms with Crippen LogP contribution in [0.5, 0.6) is 0 Å². The van der Waals surface area contributed by atoms with Crippen LogP contribution in [0.4, 0.5) is 0 Å². The van der Waals surface area contributed by atoms with Gasteiger partial charge in [-0.1, -0.05) is 113 Å². The lowest BCUT2D eigenvalue weighted by atomic mass is 9.84. The Kier molecular flexibility index (Phi) is 8.89. The van der Waals surface area contributed by atoms with Gasteiger partial charge >= 0.3 is 0 Å². The summed E-state index contributed by atoms with van der Waals surface area (Å²) in [7, 11) is -1.46. The summed E-state index contributed by atoms with van der Waals surface area (Å²) in [5.41, 5.74) is 8.53. The largest absolute Gasteiger partial charge is 0.544 e. The van der Waals surface area contributed by atoms with Gasteiger partial charge in [-0.25, -0.2) is 0 Å². The van der Waals surface area contributed by atoms with Gasteiger partial charge in [0, 0.05) is 51.8 Å². The fraction of sp³-hybridized carbons (Fsp3) is 0.256. The van der Waals surface area contributed by atoms with Crippen LogP contribution < -0.4 is 0 Å². The number of hydrogen-bond donors (Lipinski definition) is 0. The molecule has 4 aliphatic carbocycles. The Bertz CT molecular complexity index is 1820. The van der Waals surface area contributed by atoms with Crippen LogP contribution in [0.2, 0.25) is 19.6 Å². The Morgan fingerprint density at radius 2 is 1.13 bits per heavy atom. The van der Waals surface area contributed by atoms with E-state index in [0.29, 0.717) is 12.8 Å². The molecule has 0 heterocycles. The zero-order valence-corrected chi connectivity index (χ0v) is 28.5. The van der Waals surface area contributed by atoms with Gasteiger partial charge < -0.3 is 4.43 Å². The molecule has 0 radical (unpaired) electrons. The van der Waals surface area contributed by atoms with E-state index >= 15 is 0 Å². The molecule has 0 aromatic heterocycles. The molecule has 4 nitrogen and oxygen atoms in total. The van der Waals surface area contributed by atoms with Crippen LogP contribution in [0.15, 0.2) is 103 Å². The number of alkyl halides is 1. The molecule has 45 heavy (non-hydrogen) atoms. The molecule has 0 aliphatic heterocycles. The summed E-state index contributed by atoms with van der Waals surface area (Å²) in [4.78, 5) is 36.2. The molecule has 4 aromatic carbocycles. The first kappa shape index (κ1) is 31.1. The van der Waals surface area contributed by atoms with Crippen molar-refractivity contribution in [3.8, 4) is 0 Å². The van der Waals surface area contributed by atoms with E-state index in [9.17, 15) is 14.4 Å². The monoisotopic (exact) mass is 676 g/mol. The normalized spacial score (nSPS) is 20.6. The Balaban J connectivity index is 0.000000125. The second-order valence-corrected chi connectivity index (χ2v) is 18.5. The van der Waals surface area contributed by atoms with E-state index in [4.69, 9.17) is 4.43 Å². The van der Waals surface area contributed by atoms with E-state index in [-0.39, 0.29) is 34.0 Å². The standard InChI is InChI=1S/C18H14O2.C12H16OSi.C9H7BrO/c19-17-10-15(13-7-3-4-8-14(13)17)16-9-11-5-1-2-6-12(11)18(16)20;1-14(2,3)13-12-9-8-10-6-4-5-7-11(10)12;10-8-5-9(11)7-4-2-1-3-6(7)8/h1-8,15-16H,9-10H2;4-7,9H,8H2,1-3H3;1-4,8H,5H2. The predicted molar refractivity (Wildman–Crippen MR) is 186 cm³/mol. The predicted octanol–water partition coefficient (Wildman–Crippen LogP) is 9.56. The van der Waals surface area contributed by atoms with Crippen LogP contribution in [0.25, 0.3) is 5.76 Å². The van der Waals surface area contributed by atoms with Crippen molar-refractivity contribution in [3.05, 3.63) is 148 Å². The molecule has 4 aliphatic rings. The molecular weight excluding hydrogens is 640 g/mol. The molecule has 3 atom stereocenters. The number of carbonyl (C=O) groups is 3. The first-order chi connectivity index (χ1) is 21.6. The average molecular weight is 678 g/mol. The maximum absolute atomic E-state index is 12.6. The third-order valence-corrected chi connectivity index (χ3v) is 10.4. The lowest BCUT2D eigenvalue weighted by Gasteiger charge is -2.20. The van der Waals surface area contributed by atoms with Gasteiger partial charge in [0.25, 0.3) is 0 Å². The van der Waals surface area contributed by atoms with Gasteiger partial charge in [-0.3, -0.25) is 14.4 Å². The molecule has 0 saturated carbocycles. The van der Waals surface area contributed by atoms with Crippen molar-refractivity contribution in [1.29, 1.82) is 0 Å². The highest BCUT2D eigenvalue weighted by atomic mass is 79.9. The number of ketones is 3. The Hall–Kier alpha value is -3.87. The number of fused-ring (bicyclic) bond motifs is 4. The summed E-state index contributed by atoms with van der Waals surface area (Å²) < 4.78 is 6.03. The molecule has 228 valence electrons. The highest BCUT2D eigenvalue weighted by Crippen LogP contribution is 2.44. The summed E-state index contributed by atoms with van der Waals surface area (Å²) >= 11 is 3.46. The van der Waals surface area contributed by atoms with Crippen molar-refractivity contribution in [2.75, 3.05) is 0 Å². The Morgan fingerprint density at radius 3 is 1.78 bits per heavy atom. The maximum Gasteiger partial charge on any atom is 0.242 e. The molecular formula is C39H37BrO4Si. The number of allylic oxidation sites excluding steroid dienone is 1. The van der Waals surface area contributed by atoms with Gasteiger partial charge in [0.15, 0.2) is 17.3 Å². The quantitative estimate of drug-likeness (QED) is 0.160. The molecule has 3 unspecified atom stereocenters. The van der Waals surface area contributed by atoms with Crippen molar-refractivity contribution < 1.29 is 18.8 Å². The van der Waals surface area contributed by atoms with Crippen LogP contribution in [0, 0.1) is 5.92 Å². The van der Waals surface area contributed by atoms with Crippen LogP contribution in [-0.4, -0.2) is 25.7 Å². The number of Topliss-reactive ketones (excluding diaryl/α,β-unsaturated/α-hetero) is 3. The highest BCUT2D eigenvalue weighted by molar-refractivity contribution is 9.09. The van der Waals surface area contributed by atoms with Crippen molar-refractivity contribution in [3.63, 3.8) is 0 Å². The van der Waals surface area contributed by atoms with E-state index in [1.54, 1.807) is 0 Å². The van der Waals surface area contributed by atoms with Crippen LogP contribution in [0.1, 0.15) is 82.5 Å². The maximum atomic E-state index is 12.6. The fourth-order valence-corrected chi connectivity index (χ4v) is 8.28. The SMILES string of the molecule is C[Si](C)(C)OC1=CCc2ccccc21.O=C1CC(Br)c2ccccc21.O=C1CC(C2Cc3ccccc3C2=O)c2ccccc21. The highest BCUT2D eigenvalue weighted by Gasteiger charge is 2.41. The minimum absolute atomic E-state index is 0.0543. The minimum Gasteiger partial charge on any atom is -0.544 e. The molecule has 8 rings (SSSR count). The summed E-state index contributed by atoms with van der Waals surface area (Å²) in [5, 5.41) is 0. The summed E-state index contributed by atoms with van der Waals surface area (Å²) in [5.74, 6) is 1.71. The van der Waals surface area contributed by atoms with Gasteiger partial charge in [-0.2, -0.15) is 0 Å². The zero-order chi connectivity index (χ0) is 31.7. The second-order valence-electron chi connectivity index (χ2n) is 13.0. The lowest BCUT2D eigenvalue weighted by molar-refractivity contribution is 0.0905. The fourth-order valence-electron chi connectivity index (χ4n) is 6.73. The number of halogens is 1. The van der Waals surface area contributed by atoms with Crippen molar-refractivity contribution in [1.82, 2.24) is 0 Å². The number of carbonyl (C=O) groups excluding carboxylic acids is 3. The third-order valence-electron chi connectivity index (χ3n) is 8.78. The Labute approximate surface area is 274 Å². The molecule has 0 fully saturated rings. The van der Waals surface area contributed by atoms with Crippen LogP contribution in [-0.2, 0) is 17.3 Å². The summed E-state index contributed by atoms with van der Waals surface area (Å²) in [6.07, 6.45) is 5.07. The van der Waals surface area contributed by atoms with Gasteiger partial charge in [-0.15, -0.1) is 0 Å². The van der Waals surface area contributed by atoms with E-state index in [2.05, 4.69) is 65.9 Å². The molecule has 4 aromatic rings. The second kappa shape index (κ2) is 12.9. The molecule has 0 spiro atoms. The first-order valence-electron chi connectivity index (χ1n) is 15.6.